The van der Waals surface area contributed by atoms with E-state index in [2.05, 4.69) is 17.3 Å². The zero-order valence-electron chi connectivity index (χ0n) is 12.1. The van der Waals surface area contributed by atoms with Gasteiger partial charge in [-0.05, 0) is 25.7 Å². The fourth-order valence-electron chi connectivity index (χ4n) is 3.00. The summed E-state index contributed by atoms with van der Waals surface area (Å²) >= 11 is 1.67. The quantitative estimate of drug-likeness (QED) is 0.628. The molecule has 20 heavy (non-hydrogen) atoms. The first kappa shape index (κ1) is 14.0. The molecule has 3 N–H and O–H groups in total. The summed E-state index contributed by atoms with van der Waals surface area (Å²) in [6, 6.07) is 0. The molecule has 1 saturated heterocycles. The predicted octanol–water partition coefficient (Wildman–Crippen LogP) is -1.63. The summed E-state index contributed by atoms with van der Waals surface area (Å²) < 4.78 is 0. The number of hydrogen-bond donors (Lipinski definition) is 3. The van der Waals surface area contributed by atoms with Crippen LogP contribution in [-0.4, -0.2) is 50.7 Å². The van der Waals surface area contributed by atoms with Crippen LogP contribution in [0, 0.1) is 0 Å². The summed E-state index contributed by atoms with van der Waals surface area (Å²) in [6.07, 6.45) is 4.71. The van der Waals surface area contributed by atoms with Crippen LogP contribution in [0.4, 0.5) is 5.13 Å². The summed E-state index contributed by atoms with van der Waals surface area (Å²) in [5.74, 6) is 0.116. The molecule has 3 rings (SSSR count). The number of rotatable bonds is 3. The fourth-order valence-corrected chi connectivity index (χ4v) is 4.07. The lowest BCUT2D eigenvalue weighted by Gasteiger charge is -2.26. The minimum Gasteiger partial charge on any atom is -0.328 e. The van der Waals surface area contributed by atoms with E-state index in [4.69, 9.17) is 0 Å². The molecule has 0 bridgehead atoms. The summed E-state index contributed by atoms with van der Waals surface area (Å²) in [7, 11) is 2.22. The van der Waals surface area contributed by atoms with Crippen molar-refractivity contribution in [1.82, 2.24) is 4.98 Å². The third-order valence-electron chi connectivity index (χ3n) is 4.31. The molecule has 1 aromatic rings. The molecule has 0 radical (unpaired) electrons. The first-order chi connectivity index (χ1) is 9.70. The summed E-state index contributed by atoms with van der Waals surface area (Å²) in [4.78, 5) is 21.0. The molecule has 2 heterocycles. The molecule has 0 atom stereocenters. The number of hydrogen-bond acceptors (Lipinski definition) is 3. The number of carbonyl (C=O) groups excluding carboxylic acids is 1. The monoisotopic (exact) mass is 296 g/mol. The topological polar surface area (TPSA) is 50.9 Å². The average molecular weight is 296 g/mol. The van der Waals surface area contributed by atoms with Crippen molar-refractivity contribution in [3.63, 3.8) is 0 Å². The molecule has 6 heteroatoms. The molecular weight excluding hydrogens is 272 g/mol. The van der Waals surface area contributed by atoms with Gasteiger partial charge in [0.15, 0.2) is 11.7 Å². The van der Waals surface area contributed by atoms with Gasteiger partial charge in [0.1, 0.15) is 26.2 Å². The van der Waals surface area contributed by atoms with Crippen molar-refractivity contribution in [2.24, 2.45) is 0 Å². The maximum Gasteiger partial charge on any atom is 0.281 e. The van der Waals surface area contributed by atoms with Crippen molar-refractivity contribution in [2.45, 2.75) is 25.7 Å². The van der Waals surface area contributed by atoms with E-state index < -0.39 is 0 Å². The third-order valence-corrected chi connectivity index (χ3v) is 5.39. The largest absolute Gasteiger partial charge is 0.328 e. The molecule has 110 valence electrons. The van der Waals surface area contributed by atoms with Gasteiger partial charge in [-0.15, -0.1) is 11.3 Å². The number of carbonyl (C=O) groups is 1. The van der Waals surface area contributed by atoms with Crippen molar-refractivity contribution in [1.29, 1.82) is 0 Å². The molecular formula is C14H24N4OS+2. The van der Waals surface area contributed by atoms with Gasteiger partial charge < -0.3 is 9.80 Å². The van der Waals surface area contributed by atoms with Crippen LogP contribution < -0.4 is 15.1 Å². The Kier molecular flexibility index (Phi) is 4.33. The Balaban J connectivity index is 1.52. The van der Waals surface area contributed by atoms with E-state index in [9.17, 15) is 4.79 Å². The molecule has 0 saturated carbocycles. The molecule has 5 nitrogen and oxygen atoms in total. The second kappa shape index (κ2) is 6.20. The van der Waals surface area contributed by atoms with Crippen molar-refractivity contribution in [2.75, 3.05) is 45.1 Å². The highest BCUT2D eigenvalue weighted by Gasteiger charge is 2.23. The number of anilines is 1. The van der Waals surface area contributed by atoms with Crippen LogP contribution in [0.5, 0.6) is 0 Å². The number of aryl methyl sites for hydroxylation is 2. The van der Waals surface area contributed by atoms with E-state index in [0.29, 0.717) is 6.54 Å². The minimum absolute atomic E-state index is 0.116. The number of fused-ring (bicyclic) bond motifs is 1. The minimum atomic E-state index is 0.116. The van der Waals surface area contributed by atoms with Crippen molar-refractivity contribution in [3.8, 4) is 0 Å². The highest BCUT2D eigenvalue weighted by Crippen LogP contribution is 2.29. The molecule has 0 unspecified atom stereocenters. The third kappa shape index (κ3) is 3.37. The zero-order valence-corrected chi connectivity index (χ0v) is 12.9. The smallest absolute Gasteiger partial charge is 0.281 e. The van der Waals surface area contributed by atoms with Gasteiger partial charge in [0.2, 0.25) is 0 Å². The van der Waals surface area contributed by atoms with E-state index >= 15 is 0 Å². The Morgan fingerprint density at radius 2 is 2.00 bits per heavy atom. The second-order valence-electron chi connectivity index (χ2n) is 6.03. The first-order valence-electron chi connectivity index (χ1n) is 7.64. The molecule has 1 amide bonds. The summed E-state index contributed by atoms with van der Waals surface area (Å²) in [6.45, 7) is 5.08. The van der Waals surface area contributed by atoms with E-state index in [1.54, 1.807) is 16.2 Å². The number of thiazole rings is 1. The predicted molar refractivity (Wildman–Crippen MR) is 79.6 cm³/mol. The van der Waals surface area contributed by atoms with Crippen molar-refractivity contribution in [3.05, 3.63) is 10.6 Å². The Morgan fingerprint density at radius 3 is 2.75 bits per heavy atom. The standard InChI is InChI=1S/C14H22N4OS/c1-17-6-8-18(9-7-17)10-13(19)16-14-15-11-4-2-3-5-12(11)20-14/h2-10H2,1H3,(H,15,16,19)/p+2. The number of nitrogens with zero attached hydrogens (tertiary/aromatic N) is 1. The first-order valence-corrected chi connectivity index (χ1v) is 8.45. The van der Waals surface area contributed by atoms with Gasteiger partial charge in [0.05, 0.1) is 12.7 Å². The van der Waals surface area contributed by atoms with E-state index in [-0.39, 0.29) is 5.91 Å². The van der Waals surface area contributed by atoms with Gasteiger partial charge in [0.25, 0.3) is 5.91 Å². The van der Waals surface area contributed by atoms with Gasteiger partial charge in [-0.1, -0.05) is 0 Å². The van der Waals surface area contributed by atoms with Gasteiger partial charge >= 0.3 is 0 Å². The Hall–Kier alpha value is -0.980. The van der Waals surface area contributed by atoms with Crippen LogP contribution in [0.15, 0.2) is 0 Å². The van der Waals surface area contributed by atoms with Gasteiger partial charge in [-0.3, -0.25) is 10.1 Å². The van der Waals surface area contributed by atoms with Crippen molar-refractivity contribution >= 4 is 22.4 Å². The summed E-state index contributed by atoms with van der Waals surface area (Å²) in [5.41, 5.74) is 1.21. The van der Waals surface area contributed by atoms with Gasteiger partial charge in [-0.25, -0.2) is 4.98 Å². The SMILES string of the molecule is C[NH+]1CC[NH+](CC(=O)Nc2nc3c(s2)CCCC3)CC1. The zero-order chi connectivity index (χ0) is 13.9. The highest BCUT2D eigenvalue weighted by atomic mass is 32.1. The summed E-state index contributed by atoms with van der Waals surface area (Å²) in [5, 5.41) is 3.81. The lowest BCUT2D eigenvalue weighted by Crippen LogP contribution is -3.27. The van der Waals surface area contributed by atoms with Crippen LogP contribution in [0.2, 0.25) is 0 Å². The number of amides is 1. The second-order valence-corrected chi connectivity index (χ2v) is 7.11. The number of nitrogens with one attached hydrogen (secondary N) is 3. The lowest BCUT2D eigenvalue weighted by atomic mass is 10.0. The molecule has 1 aliphatic heterocycles. The van der Waals surface area contributed by atoms with Crippen LogP contribution in [-0.2, 0) is 17.6 Å². The lowest BCUT2D eigenvalue weighted by molar-refractivity contribution is -0.999. The number of likely N-dealkylation sites (N-methyl/N-ethyl adjacent to an activating group) is 1. The van der Waals surface area contributed by atoms with E-state index in [1.165, 1.54) is 28.3 Å². The van der Waals surface area contributed by atoms with E-state index in [1.807, 2.05) is 0 Å². The number of quaternary nitrogens is 2. The Morgan fingerprint density at radius 1 is 1.25 bits per heavy atom. The molecule has 1 aromatic heterocycles. The van der Waals surface area contributed by atoms with Gasteiger partial charge in [0, 0.05) is 4.88 Å². The maximum atomic E-state index is 12.1. The maximum absolute atomic E-state index is 12.1. The highest BCUT2D eigenvalue weighted by molar-refractivity contribution is 7.15. The normalized spacial score (nSPS) is 26.1. The Bertz CT molecular complexity index is 456. The molecule has 1 fully saturated rings. The number of piperazine rings is 1. The van der Waals surface area contributed by atoms with Gasteiger partial charge in [-0.2, -0.15) is 0 Å². The van der Waals surface area contributed by atoms with Crippen LogP contribution in [0.25, 0.3) is 0 Å². The molecule has 2 aliphatic rings. The van der Waals surface area contributed by atoms with Crippen molar-refractivity contribution < 1.29 is 14.6 Å². The van der Waals surface area contributed by atoms with Crippen LogP contribution in [0.3, 0.4) is 0 Å². The molecule has 1 aliphatic carbocycles. The Labute approximate surface area is 124 Å². The van der Waals surface area contributed by atoms with Crippen LogP contribution in [0.1, 0.15) is 23.4 Å². The van der Waals surface area contributed by atoms with E-state index in [0.717, 1.165) is 44.2 Å². The van der Waals surface area contributed by atoms with Crippen LogP contribution >= 0.6 is 11.3 Å². The number of aromatic nitrogens is 1. The average Bonchev–Trinajstić information content (AvgIpc) is 2.83. The fraction of sp³-hybridized carbons (Fsp3) is 0.714. The molecule has 0 aromatic carbocycles. The molecule has 0 spiro atoms.